The number of para-hydroxylation sites is 10. The number of hydrogen-bond donors (Lipinski definition) is 2. The minimum Gasteiger partial charge on any atom is -0.464 e. The smallest absolute Gasteiger partial charge is 0.181 e. The van der Waals surface area contributed by atoms with E-state index in [0.717, 1.165) is 60.6 Å². The average molecular weight is 1000 g/mol. The summed E-state index contributed by atoms with van der Waals surface area (Å²) in [5.74, 6) is 0. The van der Waals surface area contributed by atoms with Crippen molar-refractivity contribution < 1.29 is 8.83 Å². The van der Waals surface area contributed by atoms with Crippen LogP contribution in [0.5, 0.6) is 0 Å². The molecule has 74 heavy (non-hydrogen) atoms. The highest BCUT2D eigenvalue weighted by Crippen LogP contribution is 2.19. The summed E-state index contributed by atoms with van der Waals surface area (Å²) in [7, 11) is 0. The topological polar surface area (TPSA) is 148 Å². The molecule has 2 N–H and O–H groups in total. The van der Waals surface area contributed by atoms with E-state index in [1.54, 1.807) is 54.0 Å². The predicted molar refractivity (Wildman–Crippen MR) is 305 cm³/mol. The summed E-state index contributed by atoms with van der Waals surface area (Å²) >= 11 is 3.46. The first-order valence-corrected chi connectivity index (χ1v) is 25.1. The summed E-state index contributed by atoms with van der Waals surface area (Å²) in [6.45, 7) is 0. The minimum absolute atomic E-state index is 0.845. The highest BCUT2D eigenvalue weighted by atomic mass is 32.1. The second-order valence-electron chi connectivity index (χ2n) is 15.7. The Morgan fingerprint density at radius 2 is 0.973 bits per heavy atom. The van der Waals surface area contributed by atoms with Crippen LogP contribution in [-0.2, 0) is 0 Å². The van der Waals surface area contributed by atoms with Gasteiger partial charge in [0, 0.05) is 45.8 Å². The van der Waals surface area contributed by atoms with Crippen LogP contribution >= 0.6 is 22.7 Å². The van der Waals surface area contributed by atoms with E-state index in [0.29, 0.717) is 0 Å². The molecule has 0 atom stereocenters. The molecule has 0 aliphatic heterocycles. The molecular weight excluding hydrogens is 955 g/mol. The molecule has 0 aliphatic carbocycles. The van der Waals surface area contributed by atoms with Crippen LogP contribution in [0.2, 0.25) is 0 Å². The molecule has 0 saturated heterocycles. The number of benzene rings is 8. The SMILES string of the molecule is c1ccc2[nH]ccc2c1.c1ccc2[nH]cnc2c1.c1ccc2nccnc2c1.c1ccc2ncncc2c1.c1ccc2occc2c1.c1ccc2ocnc2c1.c1ccc2sccc2c1.c1ccc2scnc2c1. The van der Waals surface area contributed by atoms with Crippen molar-refractivity contribution in [3.8, 4) is 0 Å². The van der Waals surface area contributed by atoms with Crippen molar-refractivity contribution >= 4 is 109 Å². The van der Waals surface area contributed by atoms with Gasteiger partial charge < -0.3 is 18.8 Å². The van der Waals surface area contributed by atoms with Gasteiger partial charge >= 0.3 is 0 Å². The number of nitrogens with one attached hydrogen (secondary N) is 2. The van der Waals surface area contributed by atoms with Crippen molar-refractivity contribution in [2.24, 2.45) is 0 Å². The van der Waals surface area contributed by atoms with Crippen LogP contribution in [0.15, 0.2) is 282 Å². The number of furan rings is 1. The van der Waals surface area contributed by atoms with E-state index in [4.69, 9.17) is 8.83 Å². The lowest BCUT2D eigenvalue weighted by atomic mass is 10.2. The Labute approximate surface area is 433 Å². The Balaban J connectivity index is 0.000000104. The molecule has 0 bridgehead atoms. The van der Waals surface area contributed by atoms with Gasteiger partial charge in [0.05, 0.1) is 55.9 Å². The lowest BCUT2D eigenvalue weighted by Gasteiger charge is -1.90. The third-order valence-electron chi connectivity index (χ3n) is 10.8. The number of thiazole rings is 1. The third-order valence-corrected chi connectivity index (χ3v) is 12.5. The van der Waals surface area contributed by atoms with Crippen molar-refractivity contribution in [3.05, 3.63) is 273 Å². The molecule has 8 aromatic heterocycles. The molecule has 8 heterocycles. The van der Waals surface area contributed by atoms with Gasteiger partial charge in [-0.1, -0.05) is 121 Å². The third kappa shape index (κ3) is 14.2. The van der Waals surface area contributed by atoms with Crippen LogP contribution in [0.1, 0.15) is 0 Å². The lowest BCUT2D eigenvalue weighted by Crippen LogP contribution is -1.78. The zero-order valence-electron chi connectivity index (χ0n) is 39.7. The predicted octanol–water partition coefficient (Wildman–Crippen LogP) is 16.4. The molecule has 16 rings (SSSR count). The number of aromatic nitrogens is 9. The first kappa shape index (κ1) is 49.3. The summed E-state index contributed by atoms with van der Waals surface area (Å²) in [5, 5.41) is 6.99. The van der Waals surface area contributed by atoms with E-state index < -0.39 is 0 Å². The van der Waals surface area contributed by atoms with Crippen molar-refractivity contribution in [2.75, 3.05) is 0 Å². The first-order chi connectivity index (χ1) is 36.7. The van der Waals surface area contributed by atoms with Gasteiger partial charge in [-0.05, 0) is 107 Å². The Morgan fingerprint density at radius 3 is 1.68 bits per heavy atom. The summed E-state index contributed by atoms with van der Waals surface area (Å²) < 4.78 is 12.8. The van der Waals surface area contributed by atoms with Gasteiger partial charge in [-0.15, -0.1) is 22.7 Å². The molecule has 0 spiro atoms. The standard InChI is InChI=1S/2C8H6N2.C8H7N.C8H6O.C8H6S.C7H6N2.C7H5NO.C7H5NS/c1-2-4-8-7(3-1)5-9-6-10-8;1-2-4-8-7(3-1)9-5-6-10-8;3*1-2-4-8-7(3-1)5-6-9-8;3*1-2-4-7-6(3-1)8-5-9-7/h2*1-6H;1-6,9H;2*1-6H;1-5H,(H,8,9);2*1-5H. The fraction of sp³-hybridized carbons (Fsp3) is 0. The molecule has 8 aromatic carbocycles. The van der Waals surface area contributed by atoms with E-state index in [9.17, 15) is 0 Å². The number of imidazole rings is 1. The normalized spacial score (nSPS) is 10.2. The van der Waals surface area contributed by atoms with Gasteiger partial charge in [0.25, 0.3) is 0 Å². The monoisotopic (exact) mass is 1000 g/mol. The number of thiophene rings is 1. The highest BCUT2D eigenvalue weighted by molar-refractivity contribution is 7.17. The van der Waals surface area contributed by atoms with Crippen LogP contribution in [0.3, 0.4) is 0 Å². The number of rotatable bonds is 0. The van der Waals surface area contributed by atoms with E-state index in [2.05, 4.69) is 105 Å². The number of hydrogen-bond acceptors (Lipinski definition) is 11. The summed E-state index contributed by atoms with van der Waals surface area (Å²) in [6, 6.07) is 70.2. The van der Waals surface area contributed by atoms with Crippen LogP contribution in [0.25, 0.3) is 86.2 Å². The van der Waals surface area contributed by atoms with Gasteiger partial charge in [0.2, 0.25) is 0 Å². The maximum Gasteiger partial charge on any atom is 0.181 e. The van der Waals surface area contributed by atoms with Gasteiger partial charge in [0.15, 0.2) is 12.0 Å². The van der Waals surface area contributed by atoms with E-state index in [1.807, 2.05) is 176 Å². The van der Waals surface area contributed by atoms with Crippen LogP contribution in [0.4, 0.5) is 0 Å². The number of H-pyrrole nitrogens is 2. The fourth-order valence-electron chi connectivity index (χ4n) is 7.13. The second kappa shape index (κ2) is 26.5. The molecule has 11 nitrogen and oxygen atoms in total. The van der Waals surface area contributed by atoms with Crippen molar-refractivity contribution in [2.45, 2.75) is 0 Å². The zero-order chi connectivity index (χ0) is 50.2. The Morgan fingerprint density at radius 1 is 0.365 bits per heavy atom. The van der Waals surface area contributed by atoms with Crippen molar-refractivity contribution in [1.82, 2.24) is 44.9 Å². The summed E-state index contributed by atoms with van der Waals surface area (Å²) in [4.78, 5) is 34.5. The maximum atomic E-state index is 5.12. The number of oxazole rings is 1. The van der Waals surface area contributed by atoms with Crippen molar-refractivity contribution in [3.63, 3.8) is 0 Å². The molecule has 0 radical (unpaired) electrons. The number of fused-ring (bicyclic) bond motifs is 8. The average Bonchev–Trinajstić information content (AvgIpc) is 4.36. The number of nitrogens with zero attached hydrogens (tertiary/aromatic N) is 7. The van der Waals surface area contributed by atoms with E-state index >= 15 is 0 Å². The largest absolute Gasteiger partial charge is 0.464 e. The molecular formula is C61H47N9O2S2. The molecule has 0 amide bonds. The maximum absolute atomic E-state index is 5.12. The molecule has 0 fully saturated rings. The zero-order valence-corrected chi connectivity index (χ0v) is 41.4. The molecule has 0 aliphatic rings. The Kier molecular flexibility index (Phi) is 17.7. The van der Waals surface area contributed by atoms with Gasteiger partial charge in [-0.3, -0.25) is 9.97 Å². The molecule has 0 unspecified atom stereocenters. The quantitative estimate of drug-likeness (QED) is 0.151. The van der Waals surface area contributed by atoms with Gasteiger partial charge in [-0.2, -0.15) is 0 Å². The Hall–Kier alpha value is -9.69. The molecule has 16 aromatic rings. The van der Waals surface area contributed by atoms with Crippen molar-refractivity contribution in [1.29, 1.82) is 0 Å². The van der Waals surface area contributed by atoms with E-state index in [1.165, 1.54) is 32.1 Å². The van der Waals surface area contributed by atoms with Gasteiger partial charge in [0.1, 0.15) is 17.4 Å². The molecule has 13 heteroatoms. The molecule has 0 saturated carbocycles. The molecule has 360 valence electrons. The summed E-state index contributed by atoms with van der Waals surface area (Å²) in [6.07, 6.45) is 13.6. The second-order valence-corrected chi connectivity index (χ2v) is 17.5. The number of aromatic amines is 2. The highest BCUT2D eigenvalue weighted by Gasteiger charge is 1.94. The van der Waals surface area contributed by atoms with Crippen LogP contribution in [0, 0.1) is 0 Å². The van der Waals surface area contributed by atoms with Crippen LogP contribution < -0.4 is 0 Å². The van der Waals surface area contributed by atoms with E-state index in [-0.39, 0.29) is 0 Å². The fourth-order valence-corrected chi connectivity index (χ4v) is 8.60. The minimum atomic E-state index is 0.845. The Bertz CT molecular complexity index is 3280. The van der Waals surface area contributed by atoms with Crippen LogP contribution in [-0.4, -0.2) is 44.9 Å². The lowest BCUT2D eigenvalue weighted by molar-refractivity contribution is 0.602. The van der Waals surface area contributed by atoms with Gasteiger partial charge in [-0.25, -0.2) is 24.9 Å². The first-order valence-electron chi connectivity index (χ1n) is 23.4. The summed E-state index contributed by atoms with van der Waals surface area (Å²) in [5.41, 5.74) is 11.9.